The van der Waals surface area contributed by atoms with Crippen molar-refractivity contribution in [2.75, 3.05) is 45.8 Å². The third-order valence-corrected chi connectivity index (χ3v) is 2.37. The average Bonchev–Trinajstić information content (AvgIpc) is 2.14. The van der Waals surface area contributed by atoms with E-state index in [2.05, 4.69) is 29.4 Å². The predicted octanol–water partition coefficient (Wildman–Crippen LogP) is 0.137. The van der Waals surface area contributed by atoms with Crippen molar-refractivity contribution in [3.05, 3.63) is 0 Å². The molecule has 0 aromatic carbocycles. The molecule has 3 heteroatoms. The van der Waals surface area contributed by atoms with Crippen LogP contribution in [0.4, 0.5) is 0 Å². The molecule has 0 amide bonds. The van der Waals surface area contributed by atoms with Crippen LogP contribution in [-0.2, 0) is 0 Å². The molecule has 0 atom stereocenters. The topological polar surface area (TPSA) is 27.3 Å². The summed E-state index contributed by atoms with van der Waals surface area (Å²) < 4.78 is 0. The predicted molar refractivity (Wildman–Crippen MR) is 57.0 cm³/mol. The molecule has 0 aromatic rings. The number of nitrogens with one attached hydrogen (secondary N) is 2. The Hall–Kier alpha value is -0.120. The van der Waals surface area contributed by atoms with E-state index in [1.807, 2.05) is 0 Å². The molecule has 13 heavy (non-hydrogen) atoms. The summed E-state index contributed by atoms with van der Waals surface area (Å²) >= 11 is 0. The Bertz CT molecular complexity index is 119. The van der Waals surface area contributed by atoms with Gasteiger partial charge in [0.05, 0.1) is 0 Å². The lowest BCUT2D eigenvalue weighted by atomic mass is 10.2. The van der Waals surface area contributed by atoms with E-state index < -0.39 is 0 Å². The highest BCUT2D eigenvalue weighted by Crippen LogP contribution is 1.91. The van der Waals surface area contributed by atoms with Crippen LogP contribution in [0, 0.1) is 5.92 Å². The van der Waals surface area contributed by atoms with Gasteiger partial charge in [0.15, 0.2) is 0 Å². The monoisotopic (exact) mass is 185 g/mol. The van der Waals surface area contributed by atoms with Crippen LogP contribution in [-0.4, -0.2) is 50.7 Å². The largest absolute Gasteiger partial charge is 0.315 e. The van der Waals surface area contributed by atoms with Crippen LogP contribution in [0.5, 0.6) is 0 Å². The second-order valence-electron chi connectivity index (χ2n) is 4.19. The summed E-state index contributed by atoms with van der Waals surface area (Å²) in [5.74, 6) is 0.767. The molecule has 0 aromatic heterocycles. The zero-order valence-electron chi connectivity index (χ0n) is 8.97. The third kappa shape index (κ3) is 5.24. The summed E-state index contributed by atoms with van der Waals surface area (Å²) in [5.41, 5.74) is 0. The van der Waals surface area contributed by atoms with Gasteiger partial charge < -0.3 is 10.6 Å². The van der Waals surface area contributed by atoms with E-state index in [9.17, 15) is 0 Å². The highest BCUT2D eigenvalue weighted by molar-refractivity contribution is 4.68. The molecular formula is C10H23N3. The molecule has 0 bridgehead atoms. The van der Waals surface area contributed by atoms with Crippen LogP contribution in [0.25, 0.3) is 0 Å². The zero-order valence-corrected chi connectivity index (χ0v) is 8.97. The highest BCUT2D eigenvalue weighted by Gasteiger charge is 2.07. The lowest BCUT2D eigenvalue weighted by molar-refractivity contribution is 0.240. The maximum Gasteiger partial charge on any atom is 0.0108 e. The van der Waals surface area contributed by atoms with Crippen molar-refractivity contribution in [3.8, 4) is 0 Å². The molecule has 1 saturated heterocycles. The molecule has 1 heterocycles. The molecule has 1 aliphatic rings. The Labute approximate surface area is 81.9 Å². The van der Waals surface area contributed by atoms with Crippen molar-refractivity contribution in [2.24, 2.45) is 5.92 Å². The summed E-state index contributed by atoms with van der Waals surface area (Å²) in [6.45, 7) is 12.7. The summed E-state index contributed by atoms with van der Waals surface area (Å²) in [5, 5.41) is 6.83. The van der Waals surface area contributed by atoms with E-state index in [4.69, 9.17) is 0 Å². The lowest BCUT2D eigenvalue weighted by Gasteiger charge is -2.27. The zero-order chi connectivity index (χ0) is 9.52. The van der Waals surface area contributed by atoms with Crippen molar-refractivity contribution in [3.63, 3.8) is 0 Å². The number of piperazine rings is 1. The first-order chi connectivity index (χ1) is 6.29. The molecule has 78 valence electrons. The van der Waals surface area contributed by atoms with E-state index in [0.717, 1.165) is 32.1 Å². The standard InChI is InChI=1S/C10H23N3/c1-10(2)9-12-5-8-13-6-3-11-4-7-13/h10-12H,3-9H2,1-2H3. The lowest BCUT2D eigenvalue weighted by Crippen LogP contribution is -2.45. The maximum absolute atomic E-state index is 3.47. The van der Waals surface area contributed by atoms with Crippen LogP contribution in [0.1, 0.15) is 13.8 Å². The smallest absolute Gasteiger partial charge is 0.0108 e. The summed E-state index contributed by atoms with van der Waals surface area (Å²) in [6.07, 6.45) is 0. The molecule has 1 aliphatic heterocycles. The SMILES string of the molecule is CC(C)CNCCN1CCNCC1. The van der Waals surface area contributed by atoms with Gasteiger partial charge in [0.2, 0.25) is 0 Å². The molecule has 0 radical (unpaired) electrons. The first-order valence-electron chi connectivity index (χ1n) is 5.43. The molecule has 1 fully saturated rings. The number of rotatable bonds is 5. The third-order valence-electron chi connectivity index (χ3n) is 2.37. The minimum Gasteiger partial charge on any atom is -0.315 e. The molecule has 0 aliphatic carbocycles. The number of hydrogen-bond acceptors (Lipinski definition) is 3. The average molecular weight is 185 g/mol. The summed E-state index contributed by atoms with van der Waals surface area (Å²) in [7, 11) is 0. The van der Waals surface area contributed by atoms with E-state index in [1.165, 1.54) is 19.6 Å². The second-order valence-corrected chi connectivity index (χ2v) is 4.19. The quantitative estimate of drug-likeness (QED) is 0.597. The van der Waals surface area contributed by atoms with Crippen molar-refractivity contribution in [1.29, 1.82) is 0 Å². The maximum atomic E-state index is 3.47. The molecule has 3 nitrogen and oxygen atoms in total. The van der Waals surface area contributed by atoms with Crippen LogP contribution in [0.2, 0.25) is 0 Å². The van der Waals surface area contributed by atoms with E-state index in [0.29, 0.717) is 0 Å². The van der Waals surface area contributed by atoms with Gasteiger partial charge in [0, 0.05) is 39.3 Å². The van der Waals surface area contributed by atoms with Crippen molar-refractivity contribution >= 4 is 0 Å². The fourth-order valence-electron chi connectivity index (χ4n) is 1.56. The molecule has 0 saturated carbocycles. The first kappa shape index (κ1) is 11.0. The van der Waals surface area contributed by atoms with Crippen molar-refractivity contribution < 1.29 is 0 Å². The fourth-order valence-corrected chi connectivity index (χ4v) is 1.56. The van der Waals surface area contributed by atoms with Crippen LogP contribution >= 0.6 is 0 Å². The normalized spacial score (nSPS) is 19.6. The highest BCUT2D eigenvalue weighted by atomic mass is 15.2. The summed E-state index contributed by atoms with van der Waals surface area (Å²) in [4.78, 5) is 2.52. The molecule has 0 unspecified atom stereocenters. The molecular weight excluding hydrogens is 162 g/mol. The number of hydrogen-bond donors (Lipinski definition) is 2. The minimum atomic E-state index is 0.767. The van der Waals surface area contributed by atoms with Crippen LogP contribution < -0.4 is 10.6 Å². The molecule has 0 spiro atoms. The van der Waals surface area contributed by atoms with Gasteiger partial charge in [-0.3, -0.25) is 4.90 Å². The van der Waals surface area contributed by atoms with Crippen molar-refractivity contribution in [2.45, 2.75) is 13.8 Å². The van der Waals surface area contributed by atoms with E-state index in [-0.39, 0.29) is 0 Å². The Kier molecular flexibility index (Phi) is 5.35. The van der Waals surface area contributed by atoms with E-state index >= 15 is 0 Å². The fraction of sp³-hybridized carbons (Fsp3) is 1.00. The summed E-state index contributed by atoms with van der Waals surface area (Å²) in [6, 6.07) is 0. The first-order valence-corrected chi connectivity index (χ1v) is 5.43. The minimum absolute atomic E-state index is 0.767. The van der Waals surface area contributed by atoms with Gasteiger partial charge in [-0.15, -0.1) is 0 Å². The Morgan fingerprint density at radius 2 is 2.00 bits per heavy atom. The molecule has 1 rings (SSSR count). The van der Waals surface area contributed by atoms with Crippen LogP contribution in [0.3, 0.4) is 0 Å². The van der Waals surface area contributed by atoms with Gasteiger partial charge in [-0.1, -0.05) is 13.8 Å². The van der Waals surface area contributed by atoms with Gasteiger partial charge >= 0.3 is 0 Å². The van der Waals surface area contributed by atoms with Gasteiger partial charge in [-0.25, -0.2) is 0 Å². The second kappa shape index (κ2) is 6.35. The van der Waals surface area contributed by atoms with Gasteiger partial charge in [0.25, 0.3) is 0 Å². The Morgan fingerprint density at radius 1 is 1.31 bits per heavy atom. The van der Waals surface area contributed by atoms with Gasteiger partial charge in [-0.05, 0) is 12.5 Å². The number of nitrogens with zero attached hydrogens (tertiary/aromatic N) is 1. The Balaban J connectivity index is 1.92. The van der Waals surface area contributed by atoms with Gasteiger partial charge in [0.1, 0.15) is 0 Å². The molecule has 2 N–H and O–H groups in total. The van der Waals surface area contributed by atoms with Crippen molar-refractivity contribution in [1.82, 2.24) is 15.5 Å². The van der Waals surface area contributed by atoms with Crippen LogP contribution in [0.15, 0.2) is 0 Å². The van der Waals surface area contributed by atoms with Gasteiger partial charge in [-0.2, -0.15) is 0 Å². The van der Waals surface area contributed by atoms with E-state index in [1.54, 1.807) is 0 Å². The Morgan fingerprint density at radius 3 is 2.62 bits per heavy atom.